The maximum atomic E-state index is 5.25. The molecule has 2 N–H and O–H groups in total. The maximum absolute atomic E-state index is 5.25. The third-order valence-corrected chi connectivity index (χ3v) is 3.37. The van der Waals surface area contributed by atoms with Gasteiger partial charge in [0.1, 0.15) is 0 Å². The minimum Gasteiger partial charge on any atom is -0.373 e. The summed E-state index contributed by atoms with van der Waals surface area (Å²) in [5.41, 5.74) is 3.36. The maximum Gasteiger partial charge on any atom is 0.170 e. The van der Waals surface area contributed by atoms with Crippen molar-refractivity contribution in [2.45, 2.75) is 6.92 Å². The van der Waals surface area contributed by atoms with Crippen molar-refractivity contribution < 1.29 is 0 Å². The largest absolute Gasteiger partial charge is 0.373 e. The number of aryl methyl sites for hydroxylation is 1. The topological polar surface area (TPSA) is 40.2 Å². The van der Waals surface area contributed by atoms with Gasteiger partial charge in [-0.3, -0.25) is 4.98 Å². The van der Waals surface area contributed by atoms with Crippen LogP contribution in [0.25, 0.3) is 0 Å². The van der Waals surface area contributed by atoms with Crippen molar-refractivity contribution in [3.63, 3.8) is 0 Å². The first-order valence-electron chi connectivity index (χ1n) is 6.88. The van der Waals surface area contributed by atoms with E-state index in [0.717, 1.165) is 18.8 Å². The highest BCUT2D eigenvalue weighted by Crippen LogP contribution is 2.12. The van der Waals surface area contributed by atoms with Crippen LogP contribution in [0.15, 0.2) is 48.8 Å². The Morgan fingerprint density at radius 2 is 2.00 bits per heavy atom. The molecule has 0 aliphatic rings. The van der Waals surface area contributed by atoms with Crippen LogP contribution in [0.1, 0.15) is 5.56 Å². The lowest BCUT2D eigenvalue weighted by Crippen LogP contribution is -2.35. The molecule has 4 nitrogen and oxygen atoms in total. The third kappa shape index (κ3) is 5.04. The monoisotopic (exact) mass is 300 g/mol. The number of hydrogen-bond donors (Lipinski definition) is 2. The number of aromatic nitrogens is 1. The molecule has 110 valence electrons. The molecular formula is C16H20N4S. The summed E-state index contributed by atoms with van der Waals surface area (Å²) >= 11 is 5.25. The number of nitrogens with zero attached hydrogens (tertiary/aromatic N) is 2. The minimum atomic E-state index is 0.611. The van der Waals surface area contributed by atoms with E-state index in [1.807, 2.05) is 12.1 Å². The third-order valence-electron chi connectivity index (χ3n) is 3.13. The molecule has 0 aliphatic heterocycles. The summed E-state index contributed by atoms with van der Waals surface area (Å²) in [5, 5.41) is 6.91. The number of anilines is 2. The quantitative estimate of drug-likeness (QED) is 0.831. The Bertz CT molecular complexity index is 569. The van der Waals surface area contributed by atoms with Crippen molar-refractivity contribution in [1.29, 1.82) is 0 Å². The van der Waals surface area contributed by atoms with E-state index in [0.29, 0.717) is 5.11 Å². The Morgan fingerprint density at radius 3 is 2.67 bits per heavy atom. The van der Waals surface area contributed by atoms with Gasteiger partial charge in [-0.1, -0.05) is 17.7 Å². The zero-order valence-corrected chi connectivity index (χ0v) is 13.2. The zero-order valence-electron chi connectivity index (χ0n) is 12.3. The van der Waals surface area contributed by atoms with Crippen molar-refractivity contribution in [3.05, 3.63) is 54.4 Å². The summed E-state index contributed by atoms with van der Waals surface area (Å²) < 4.78 is 0. The molecule has 0 atom stereocenters. The molecule has 0 unspecified atom stereocenters. The molecule has 0 saturated heterocycles. The van der Waals surface area contributed by atoms with Crippen LogP contribution >= 0.6 is 12.2 Å². The lowest BCUT2D eigenvalue weighted by atomic mass is 10.2. The van der Waals surface area contributed by atoms with Crippen molar-refractivity contribution in [1.82, 2.24) is 10.3 Å². The molecule has 0 spiro atoms. The average molecular weight is 300 g/mol. The number of pyridine rings is 1. The summed E-state index contributed by atoms with van der Waals surface area (Å²) in [5.74, 6) is 0. The first-order chi connectivity index (χ1) is 10.1. The van der Waals surface area contributed by atoms with E-state index in [4.69, 9.17) is 12.2 Å². The molecule has 0 aliphatic carbocycles. The van der Waals surface area contributed by atoms with Crippen molar-refractivity contribution in [2.75, 3.05) is 30.4 Å². The van der Waals surface area contributed by atoms with Crippen LogP contribution in [0.4, 0.5) is 11.4 Å². The highest BCUT2D eigenvalue weighted by Gasteiger charge is 2.01. The number of nitrogens with one attached hydrogen (secondary N) is 2. The fourth-order valence-corrected chi connectivity index (χ4v) is 2.10. The van der Waals surface area contributed by atoms with Gasteiger partial charge in [-0.25, -0.2) is 0 Å². The van der Waals surface area contributed by atoms with Gasteiger partial charge < -0.3 is 15.5 Å². The van der Waals surface area contributed by atoms with Gasteiger partial charge in [0.25, 0.3) is 0 Å². The second-order valence-electron chi connectivity index (χ2n) is 4.88. The standard InChI is InChI=1S/C16H20N4S/c1-13-5-7-15(8-6-13)20(2)11-10-18-16(21)19-14-4-3-9-17-12-14/h3-9,12H,10-11H2,1-2H3,(H2,18,19,21). The molecule has 0 radical (unpaired) electrons. The SMILES string of the molecule is Cc1ccc(N(C)CCNC(=S)Nc2cccnc2)cc1. The van der Waals surface area contributed by atoms with E-state index in [1.165, 1.54) is 11.3 Å². The van der Waals surface area contributed by atoms with Crippen LogP contribution in [0.5, 0.6) is 0 Å². The molecule has 1 heterocycles. The van der Waals surface area contributed by atoms with Gasteiger partial charge in [0.05, 0.1) is 11.9 Å². The first kappa shape index (κ1) is 15.3. The minimum absolute atomic E-state index is 0.611. The lowest BCUT2D eigenvalue weighted by Gasteiger charge is -2.20. The molecule has 1 aromatic carbocycles. The summed E-state index contributed by atoms with van der Waals surface area (Å²) in [4.78, 5) is 6.23. The van der Waals surface area contributed by atoms with Crippen LogP contribution in [0.2, 0.25) is 0 Å². The average Bonchev–Trinajstić information content (AvgIpc) is 2.49. The lowest BCUT2D eigenvalue weighted by molar-refractivity contribution is 0.827. The predicted molar refractivity (Wildman–Crippen MR) is 92.9 cm³/mol. The van der Waals surface area contributed by atoms with E-state index < -0.39 is 0 Å². The van der Waals surface area contributed by atoms with E-state index in [1.54, 1.807) is 12.4 Å². The van der Waals surface area contributed by atoms with Crippen LogP contribution < -0.4 is 15.5 Å². The second-order valence-corrected chi connectivity index (χ2v) is 5.29. The molecule has 0 fully saturated rings. The van der Waals surface area contributed by atoms with Crippen molar-refractivity contribution in [2.24, 2.45) is 0 Å². The van der Waals surface area contributed by atoms with Crippen molar-refractivity contribution in [3.8, 4) is 0 Å². The van der Waals surface area contributed by atoms with Gasteiger partial charge in [0.2, 0.25) is 0 Å². The van der Waals surface area contributed by atoms with Gasteiger partial charge >= 0.3 is 0 Å². The van der Waals surface area contributed by atoms with Gasteiger partial charge in [-0.15, -0.1) is 0 Å². The smallest absolute Gasteiger partial charge is 0.170 e. The normalized spacial score (nSPS) is 10.0. The van der Waals surface area contributed by atoms with E-state index in [-0.39, 0.29) is 0 Å². The Morgan fingerprint density at radius 1 is 1.24 bits per heavy atom. The van der Waals surface area contributed by atoms with E-state index in [9.17, 15) is 0 Å². The van der Waals surface area contributed by atoms with Crippen LogP contribution in [-0.2, 0) is 0 Å². The molecule has 5 heteroatoms. The number of thiocarbonyl (C=S) groups is 1. The number of rotatable bonds is 5. The molecule has 1 aromatic heterocycles. The number of likely N-dealkylation sites (N-methyl/N-ethyl adjacent to an activating group) is 1. The number of hydrogen-bond acceptors (Lipinski definition) is 3. The molecule has 21 heavy (non-hydrogen) atoms. The van der Waals surface area contributed by atoms with Crippen LogP contribution in [-0.4, -0.2) is 30.2 Å². The zero-order chi connectivity index (χ0) is 15.1. The van der Waals surface area contributed by atoms with Crippen LogP contribution in [0.3, 0.4) is 0 Å². The van der Waals surface area contributed by atoms with Gasteiger partial charge in [0.15, 0.2) is 5.11 Å². The molecule has 0 bridgehead atoms. The fourth-order valence-electron chi connectivity index (χ4n) is 1.88. The molecule has 0 saturated carbocycles. The summed E-state index contributed by atoms with van der Waals surface area (Å²) in [7, 11) is 2.07. The van der Waals surface area contributed by atoms with Crippen molar-refractivity contribution >= 4 is 28.7 Å². The summed E-state index contributed by atoms with van der Waals surface area (Å²) in [6.45, 7) is 3.74. The van der Waals surface area contributed by atoms with Gasteiger partial charge in [-0.2, -0.15) is 0 Å². The molecule has 2 rings (SSSR count). The van der Waals surface area contributed by atoms with Gasteiger partial charge in [-0.05, 0) is 43.4 Å². The predicted octanol–water partition coefficient (Wildman–Crippen LogP) is 2.81. The molecule has 0 amide bonds. The molecular weight excluding hydrogens is 280 g/mol. The highest BCUT2D eigenvalue weighted by atomic mass is 32.1. The Kier molecular flexibility index (Phi) is 5.51. The van der Waals surface area contributed by atoms with E-state index >= 15 is 0 Å². The number of benzene rings is 1. The summed E-state index contributed by atoms with van der Waals surface area (Å²) in [6.07, 6.45) is 3.48. The summed E-state index contributed by atoms with van der Waals surface area (Å²) in [6, 6.07) is 12.3. The van der Waals surface area contributed by atoms with Crippen LogP contribution in [0, 0.1) is 6.92 Å². The van der Waals surface area contributed by atoms with E-state index in [2.05, 4.69) is 58.8 Å². The highest BCUT2D eigenvalue weighted by molar-refractivity contribution is 7.80. The first-order valence-corrected chi connectivity index (χ1v) is 7.28. The Hall–Kier alpha value is -2.14. The Labute approximate surface area is 131 Å². The molecule has 2 aromatic rings. The fraction of sp³-hybridized carbons (Fsp3) is 0.250. The van der Waals surface area contributed by atoms with Gasteiger partial charge in [0, 0.05) is 32.0 Å². The second kappa shape index (κ2) is 7.59. The Balaban J connectivity index is 1.73.